The maximum Gasteiger partial charge on any atom is 0.198 e. The Morgan fingerprint density at radius 3 is 2.78 bits per heavy atom. The molecule has 3 rings (SSSR count). The van der Waals surface area contributed by atoms with Crippen molar-refractivity contribution in [3.05, 3.63) is 60.2 Å². The van der Waals surface area contributed by atoms with Gasteiger partial charge in [-0.15, -0.1) is 0 Å². The quantitative estimate of drug-likeness (QED) is 0.651. The smallest absolute Gasteiger partial charge is 0.198 e. The van der Waals surface area contributed by atoms with Gasteiger partial charge in [0, 0.05) is 18.2 Å². The lowest BCUT2D eigenvalue weighted by atomic mass is 10.1. The Labute approximate surface area is 104 Å². The summed E-state index contributed by atoms with van der Waals surface area (Å²) < 4.78 is 10.7. The SMILES string of the molecule is O=C(CCc1ccco1)c1cc2ccccc2o1. The van der Waals surface area contributed by atoms with Crippen LogP contribution in [0.3, 0.4) is 0 Å². The maximum atomic E-state index is 12.0. The molecule has 0 spiro atoms. The molecule has 18 heavy (non-hydrogen) atoms. The Hall–Kier alpha value is -2.29. The molecule has 0 bridgehead atoms. The molecule has 90 valence electrons. The highest BCUT2D eigenvalue weighted by molar-refractivity contribution is 5.97. The topological polar surface area (TPSA) is 43.4 Å². The Morgan fingerprint density at radius 1 is 1.11 bits per heavy atom. The Balaban J connectivity index is 1.75. The molecule has 0 aliphatic heterocycles. The molecule has 3 aromatic rings. The number of ketones is 1. The minimum Gasteiger partial charge on any atom is -0.469 e. The number of benzene rings is 1. The van der Waals surface area contributed by atoms with Gasteiger partial charge in [-0.1, -0.05) is 18.2 Å². The maximum absolute atomic E-state index is 12.0. The van der Waals surface area contributed by atoms with Gasteiger partial charge in [-0.3, -0.25) is 4.79 Å². The Bertz CT molecular complexity index is 629. The van der Waals surface area contributed by atoms with E-state index in [1.807, 2.05) is 36.4 Å². The molecule has 3 heteroatoms. The highest BCUT2D eigenvalue weighted by atomic mass is 16.3. The van der Waals surface area contributed by atoms with Gasteiger partial charge in [-0.25, -0.2) is 0 Å². The number of furan rings is 2. The van der Waals surface area contributed by atoms with E-state index in [1.165, 1.54) is 0 Å². The van der Waals surface area contributed by atoms with Gasteiger partial charge in [0.1, 0.15) is 11.3 Å². The molecular weight excluding hydrogens is 228 g/mol. The van der Waals surface area contributed by atoms with Crippen LogP contribution in [0.5, 0.6) is 0 Å². The van der Waals surface area contributed by atoms with Crippen LogP contribution in [0.2, 0.25) is 0 Å². The van der Waals surface area contributed by atoms with Gasteiger partial charge in [0.2, 0.25) is 0 Å². The molecule has 0 radical (unpaired) electrons. The van der Waals surface area contributed by atoms with Crippen LogP contribution >= 0.6 is 0 Å². The zero-order valence-corrected chi connectivity index (χ0v) is 9.76. The summed E-state index contributed by atoms with van der Waals surface area (Å²) in [4.78, 5) is 12.0. The number of hydrogen-bond donors (Lipinski definition) is 0. The number of rotatable bonds is 4. The zero-order valence-electron chi connectivity index (χ0n) is 9.76. The summed E-state index contributed by atoms with van der Waals surface area (Å²) in [6.07, 6.45) is 2.61. The van der Waals surface area contributed by atoms with E-state index in [0.29, 0.717) is 18.6 Å². The lowest BCUT2D eigenvalue weighted by molar-refractivity contribution is 0.0956. The van der Waals surface area contributed by atoms with Crippen LogP contribution in [-0.4, -0.2) is 5.78 Å². The van der Waals surface area contributed by atoms with Gasteiger partial charge < -0.3 is 8.83 Å². The van der Waals surface area contributed by atoms with E-state index >= 15 is 0 Å². The minimum atomic E-state index is 0.00241. The first-order chi connectivity index (χ1) is 8.83. The molecule has 0 fully saturated rings. The Morgan fingerprint density at radius 2 is 2.00 bits per heavy atom. The van der Waals surface area contributed by atoms with Gasteiger partial charge in [-0.2, -0.15) is 0 Å². The summed E-state index contributed by atoms with van der Waals surface area (Å²) in [5.74, 6) is 1.24. The van der Waals surface area contributed by atoms with Crippen molar-refractivity contribution in [3.63, 3.8) is 0 Å². The monoisotopic (exact) mass is 240 g/mol. The van der Waals surface area contributed by atoms with Crippen LogP contribution in [0.25, 0.3) is 11.0 Å². The number of hydrogen-bond acceptors (Lipinski definition) is 3. The van der Waals surface area contributed by atoms with E-state index in [1.54, 1.807) is 12.3 Å². The number of aryl methyl sites for hydroxylation is 1. The predicted octanol–water partition coefficient (Wildman–Crippen LogP) is 3.84. The van der Waals surface area contributed by atoms with Crippen molar-refractivity contribution in [2.24, 2.45) is 0 Å². The summed E-state index contributed by atoms with van der Waals surface area (Å²) in [6.45, 7) is 0. The third kappa shape index (κ3) is 2.07. The molecular formula is C15H12O3. The molecule has 2 aromatic heterocycles. The summed E-state index contributed by atoms with van der Waals surface area (Å²) in [5, 5.41) is 0.957. The van der Waals surface area contributed by atoms with E-state index in [2.05, 4.69) is 0 Å². The van der Waals surface area contributed by atoms with Crippen molar-refractivity contribution in [1.29, 1.82) is 0 Å². The van der Waals surface area contributed by atoms with Crippen LogP contribution in [0.1, 0.15) is 22.7 Å². The van der Waals surface area contributed by atoms with Crippen LogP contribution in [0, 0.1) is 0 Å². The Kier molecular flexibility index (Phi) is 2.73. The first-order valence-corrected chi connectivity index (χ1v) is 5.87. The van der Waals surface area contributed by atoms with Gasteiger partial charge in [-0.05, 0) is 24.3 Å². The van der Waals surface area contributed by atoms with Crippen molar-refractivity contribution in [3.8, 4) is 0 Å². The van der Waals surface area contributed by atoms with Gasteiger partial charge in [0.25, 0.3) is 0 Å². The normalized spacial score (nSPS) is 10.9. The van der Waals surface area contributed by atoms with E-state index < -0.39 is 0 Å². The highest BCUT2D eigenvalue weighted by Gasteiger charge is 2.12. The van der Waals surface area contributed by atoms with Crippen LogP contribution in [-0.2, 0) is 6.42 Å². The molecule has 0 aliphatic rings. The van der Waals surface area contributed by atoms with Crippen molar-refractivity contribution >= 4 is 16.8 Å². The fourth-order valence-electron chi connectivity index (χ4n) is 1.93. The fraction of sp³-hybridized carbons (Fsp3) is 0.133. The molecule has 0 aliphatic carbocycles. The largest absolute Gasteiger partial charge is 0.469 e. The second-order valence-electron chi connectivity index (χ2n) is 4.15. The average Bonchev–Trinajstić information content (AvgIpc) is 3.04. The lowest BCUT2D eigenvalue weighted by Crippen LogP contribution is -1.98. The molecule has 0 saturated carbocycles. The second kappa shape index (κ2) is 4.53. The summed E-state index contributed by atoms with van der Waals surface area (Å²) in [7, 11) is 0. The molecule has 0 unspecified atom stereocenters. The molecule has 1 aromatic carbocycles. The molecule has 3 nitrogen and oxygen atoms in total. The third-order valence-corrected chi connectivity index (χ3v) is 2.88. The molecule has 2 heterocycles. The predicted molar refractivity (Wildman–Crippen MR) is 67.6 cm³/mol. The first-order valence-electron chi connectivity index (χ1n) is 5.87. The third-order valence-electron chi connectivity index (χ3n) is 2.88. The fourth-order valence-corrected chi connectivity index (χ4v) is 1.93. The molecule has 0 saturated heterocycles. The summed E-state index contributed by atoms with van der Waals surface area (Å²) in [5.41, 5.74) is 0.749. The van der Waals surface area contributed by atoms with E-state index in [0.717, 1.165) is 16.7 Å². The molecule has 0 N–H and O–H groups in total. The van der Waals surface area contributed by atoms with Crippen molar-refractivity contribution < 1.29 is 13.6 Å². The van der Waals surface area contributed by atoms with Gasteiger partial charge >= 0.3 is 0 Å². The summed E-state index contributed by atoms with van der Waals surface area (Å²) in [6, 6.07) is 13.1. The van der Waals surface area contributed by atoms with Crippen LogP contribution in [0.4, 0.5) is 0 Å². The summed E-state index contributed by atoms with van der Waals surface area (Å²) >= 11 is 0. The van der Waals surface area contributed by atoms with Gasteiger partial charge in [0.05, 0.1) is 6.26 Å². The highest BCUT2D eigenvalue weighted by Crippen LogP contribution is 2.20. The number of fused-ring (bicyclic) bond motifs is 1. The minimum absolute atomic E-state index is 0.00241. The van der Waals surface area contributed by atoms with Gasteiger partial charge in [0.15, 0.2) is 11.5 Å². The van der Waals surface area contributed by atoms with Crippen molar-refractivity contribution in [2.45, 2.75) is 12.8 Å². The van der Waals surface area contributed by atoms with Crippen LogP contribution < -0.4 is 0 Å². The molecule has 0 amide bonds. The van der Waals surface area contributed by atoms with Crippen LogP contribution in [0.15, 0.2) is 57.6 Å². The average molecular weight is 240 g/mol. The zero-order chi connectivity index (χ0) is 12.4. The number of Topliss-reactive ketones (excluding diaryl/α,β-unsaturated/α-hetero) is 1. The molecule has 0 atom stereocenters. The number of carbonyl (C=O) groups is 1. The number of carbonyl (C=O) groups excluding carboxylic acids is 1. The lowest BCUT2D eigenvalue weighted by Gasteiger charge is -1.94. The standard InChI is InChI=1S/C15H12O3/c16-13(8-7-12-5-3-9-17-12)15-10-11-4-1-2-6-14(11)18-15/h1-6,9-10H,7-8H2. The number of para-hydroxylation sites is 1. The van der Waals surface area contributed by atoms with E-state index in [9.17, 15) is 4.79 Å². The van der Waals surface area contributed by atoms with Crippen molar-refractivity contribution in [1.82, 2.24) is 0 Å². The van der Waals surface area contributed by atoms with Crippen molar-refractivity contribution in [2.75, 3.05) is 0 Å². The van der Waals surface area contributed by atoms with E-state index in [4.69, 9.17) is 8.83 Å². The van der Waals surface area contributed by atoms with E-state index in [-0.39, 0.29) is 5.78 Å². The first kappa shape index (κ1) is 10.8. The second-order valence-corrected chi connectivity index (χ2v) is 4.15.